The fourth-order valence-corrected chi connectivity index (χ4v) is 3.17. The Bertz CT molecular complexity index is 1090. The number of benzene rings is 3. The number of aromatic amines is 1. The van der Waals surface area contributed by atoms with Crippen molar-refractivity contribution < 1.29 is 9.53 Å². The van der Waals surface area contributed by atoms with Gasteiger partial charge in [0, 0.05) is 19.5 Å². The van der Waals surface area contributed by atoms with Crippen LogP contribution in [0.4, 0.5) is 4.79 Å². The van der Waals surface area contributed by atoms with Gasteiger partial charge in [0.2, 0.25) is 0 Å². The Hall–Kier alpha value is -3.54. The van der Waals surface area contributed by atoms with E-state index in [4.69, 9.17) is 4.74 Å². The molecule has 0 fully saturated rings. The molecule has 0 aliphatic heterocycles. The van der Waals surface area contributed by atoms with E-state index in [1.54, 1.807) is 7.11 Å². The smallest absolute Gasteiger partial charge is 0.315 e. The van der Waals surface area contributed by atoms with Crippen LogP contribution in [0.15, 0.2) is 60.7 Å². The third-order valence-corrected chi connectivity index (χ3v) is 4.65. The van der Waals surface area contributed by atoms with Gasteiger partial charge >= 0.3 is 6.03 Å². The van der Waals surface area contributed by atoms with Crippen molar-refractivity contribution in [1.82, 2.24) is 20.6 Å². The van der Waals surface area contributed by atoms with Gasteiger partial charge in [-0.15, -0.1) is 0 Å². The third-order valence-electron chi connectivity index (χ3n) is 4.65. The predicted octanol–water partition coefficient (Wildman–Crippen LogP) is 3.77. The molecule has 4 rings (SSSR count). The lowest BCUT2D eigenvalue weighted by Crippen LogP contribution is -2.36. The Kier molecular flexibility index (Phi) is 5.10. The van der Waals surface area contributed by atoms with Crippen molar-refractivity contribution in [3.63, 3.8) is 0 Å². The number of para-hydroxylation sites is 2. The molecule has 1 heterocycles. The lowest BCUT2D eigenvalue weighted by Gasteiger charge is -2.08. The molecule has 0 aliphatic carbocycles. The number of ether oxygens (including phenoxy) is 1. The monoisotopic (exact) mass is 374 g/mol. The van der Waals surface area contributed by atoms with E-state index in [1.165, 1.54) is 0 Å². The first-order valence-electron chi connectivity index (χ1n) is 9.23. The van der Waals surface area contributed by atoms with Crippen molar-refractivity contribution in [1.29, 1.82) is 0 Å². The maximum absolute atomic E-state index is 12.1. The molecule has 0 atom stereocenters. The van der Waals surface area contributed by atoms with Gasteiger partial charge in [0.05, 0.1) is 18.1 Å². The zero-order valence-corrected chi connectivity index (χ0v) is 15.7. The fraction of sp³-hybridized carbons (Fsp3) is 0.182. The minimum atomic E-state index is -0.189. The molecule has 28 heavy (non-hydrogen) atoms. The Labute approximate surface area is 162 Å². The quantitative estimate of drug-likeness (QED) is 0.481. The molecule has 142 valence electrons. The van der Waals surface area contributed by atoms with Crippen LogP contribution in [0.2, 0.25) is 0 Å². The normalized spacial score (nSPS) is 10.9. The molecule has 6 heteroatoms. The molecule has 0 radical (unpaired) electrons. The summed E-state index contributed by atoms with van der Waals surface area (Å²) in [4.78, 5) is 19.8. The second-order valence-corrected chi connectivity index (χ2v) is 6.61. The van der Waals surface area contributed by atoms with Crippen LogP contribution in [-0.2, 0) is 13.0 Å². The number of hydrogen-bond acceptors (Lipinski definition) is 3. The topological polar surface area (TPSA) is 79.0 Å². The summed E-state index contributed by atoms with van der Waals surface area (Å²) in [6, 6.07) is 19.8. The average Bonchev–Trinajstić information content (AvgIpc) is 3.14. The van der Waals surface area contributed by atoms with Crippen molar-refractivity contribution in [2.45, 2.75) is 13.0 Å². The number of rotatable bonds is 6. The Balaban J connectivity index is 1.27. The van der Waals surface area contributed by atoms with E-state index in [9.17, 15) is 4.79 Å². The highest BCUT2D eigenvalue weighted by Crippen LogP contribution is 2.21. The predicted molar refractivity (Wildman–Crippen MR) is 111 cm³/mol. The summed E-state index contributed by atoms with van der Waals surface area (Å²) >= 11 is 0. The van der Waals surface area contributed by atoms with Gasteiger partial charge in [-0.2, -0.15) is 0 Å². The molecule has 2 amide bonds. The van der Waals surface area contributed by atoms with Crippen LogP contribution in [0.5, 0.6) is 5.75 Å². The van der Waals surface area contributed by atoms with Gasteiger partial charge in [0.1, 0.15) is 11.6 Å². The van der Waals surface area contributed by atoms with E-state index in [-0.39, 0.29) is 6.03 Å². The van der Waals surface area contributed by atoms with Gasteiger partial charge in [-0.25, -0.2) is 9.78 Å². The first-order valence-corrected chi connectivity index (χ1v) is 9.23. The number of fused-ring (bicyclic) bond motifs is 2. The number of urea groups is 1. The number of amides is 2. The molecule has 4 aromatic rings. The summed E-state index contributed by atoms with van der Waals surface area (Å²) in [5.41, 5.74) is 3.00. The summed E-state index contributed by atoms with van der Waals surface area (Å²) < 4.78 is 5.25. The molecule has 3 aromatic carbocycles. The van der Waals surface area contributed by atoms with Gasteiger partial charge in [-0.3, -0.25) is 0 Å². The molecule has 3 N–H and O–H groups in total. The summed E-state index contributed by atoms with van der Waals surface area (Å²) in [6.07, 6.45) is 0.653. The Morgan fingerprint density at radius 1 is 1.04 bits per heavy atom. The van der Waals surface area contributed by atoms with Crippen LogP contribution in [0.1, 0.15) is 11.4 Å². The van der Waals surface area contributed by atoms with Crippen molar-refractivity contribution >= 4 is 27.8 Å². The molecular formula is C22H22N4O2. The van der Waals surface area contributed by atoms with Gasteiger partial charge in [0.25, 0.3) is 0 Å². The second kappa shape index (κ2) is 8.00. The number of hydrogen-bond donors (Lipinski definition) is 3. The van der Waals surface area contributed by atoms with Crippen LogP contribution < -0.4 is 15.4 Å². The van der Waals surface area contributed by atoms with Crippen LogP contribution >= 0.6 is 0 Å². The molecular weight excluding hydrogens is 352 g/mol. The average molecular weight is 374 g/mol. The zero-order valence-electron chi connectivity index (χ0n) is 15.7. The maximum Gasteiger partial charge on any atom is 0.315 e. The number of aromatic nitrogens is 2. The highest BCUT2D eigenvalue weighted by Gasteiger charge is 2.05. The number of imidazole rings is 1. The van der Waals surface area contributed by atoms with Gasteiger partial charge in [0.15, 0.2) is 0 Å². The molecule has 1 aromatic heterocycles. The number of nitrogens with one attached hydrogen (secondary N) is 3. The molecule has 0 spiro atoms. The van der Waals surface area contributed by atoms with Crippen molar-refractivity contribution in [2.24, 2.45) is 0 Å². The largest absolute Gasteiger partial charge is 0.497 e. The van der Waals surface area contributed by atoms with E-state index in [2.05, 4.69) is 26.7 Å². The van der Waals surface area contributed by atoms with E-state index in [0.29, 0.717) is 19.5 Å². The molecule has 0 saturated carbocycles. The van der Waals surface area contributed by atoms with Crippen LogP contribution in [0, 0.1) is 0 Å². The first kappa shape index (κ1) is 17.9. The number of H-pyrrole nitrogens is 1. The molecule has 0 saturated heterocycles. The molecule has 0 bridgehead atoms. The van der Waals surface area contributed by atoms with Crippen molar-refractivity contribution in [2.75, 3.05) is 13.7 Å². The van der Waals surface area contributed by atoms with Gasteiger partial charge in [-0.1, -0.05) is 30.3 Å². The number of carbonyl (C=O) groups excluding carboxylic acids is 1. The fourth-order valence-electron chi connectivity index (χ4n) is 3.17. The number of nitrogens with zero attached hydrogens (tertiary/aromatic N) is 1. The SMILES string of the molecule is COc1ccc2cc(CNC(=O)NCCc3nc4ccccc4[nH]3)ccc2c1. The van der Waals surface area contributed by atoms with Crippen LogP contribution in [0.25, 0.3) is 21.8 Å². The molecule has 0 unspecified atom stereocenters. The second-order valence-electron chi connectivity index (χ2n) is 6.61. The maximum atomic E-state index is 12.1. The highest BCUT2D eigenvalue weighted by molar-refractivity contribution is 5.84. The van der Waals surface area contributed by atoms with E-state index in [1.807, 2.05) is 54.6 Å². The van der Waals surface area contributed by atoms with Crippen LogP contribution in [0.3, 0.4) is 0 Å². The van der Waals surface area contributed by atoms with E-state index >= 15 is 0 Å². The summed E-state index contributed by atoms with van der Waals surface area (Å²) in [7, 11) is 1.66. The standard InChI is InChI=1S/C22H22N4O2/c1-28-18-9-8-16-12-15(6-7-17(16)13-18)14-24-22(27)23-11-10-21-25-19-4-2-3-5-20(19)26-21/h2-9,12-13H,10-11,14H2,1H3,(H,25,26)(H2,23,24,27). The zero-order chi connectivity index (χ0) is 19.3. The Morgan fingerprint density at radius 3 is 2.71 bits per heavy atom. The van der Waals surface area contributed by atoms with E-state index in [0.717, 1.165) is 38.9 Å². The van der Waals surface area contributed by atoms with Crippen molar-refractivity contribution in [3.05, 3.63) is 72.1 Å². The number of carbonyl (C=O) groups is 1. The number of methoxy groups -OCH3 is 1. The Morgan fingerprint density at radius 2 is 1.86 bits per heavy atom. The minimum absolute atomic E-state index is 0.189. The minimum Gasteiger partial charge on any atom is -0.497 e. The van der Waals surface area contributed by atoms with Crippen LogP contribution in [-0.4, -0.2) is 29.7 Å². The van der Waals surface area contributed by atoms with Crippen molar-refractivity contribution in [3.8, 4) is 5.75 Å². The summed E-state index contributed by atoms with van der Waals surface area (Å²) in [5.74, 6) is 1.70. The lowest BCUT2D eigenvalue weighted by molar-refractivity contribution is 0.240. The molecule has 6 nitrogen and oxygen atoms in total. The van der Waals surface area contributed by atoms with Gasteiger partial charge < -0.3 is 20.4 Å². The first-order chi connectivity index (χ1) is 13.7. The lowest BCUT2D eigenvalue weighted by atomic mass is 10.1. The van der Waals surface area contributed by atoms with E-state index < -0.39 is 0 Å². The summed E-state index contributed by atoms with van der Waals surface area (Å²) in [5, 5.41) is 7.99. The van der Waals surface area contributed by atoms with Gasteiger partial charge in [-0.05, 0) is 46.7 Å². The summed E-state index contributed by atoms with van der Waals surface area (Å²) in [6.45, 7) is 0.988. The third kappa shape index (κ3) is 4.06. The molecule has 0 aliphatic rings. The highest BCUT2D eigenvalue weighted by atomic mass is 16.5.